The van der Waals surface area contributed by atoms with Crippen molar-refractivity contribution in [1.29, 1.82) is 0 Å². The fourth-order valence-electron chi connectivity index (χ4n) is 2.50. The number of hydrogen-bond donors (Lipinski definition) is 0. The van der Waals surface area contributed by atoms with Gasteiger partial charge in [-0.25, -0.2) is 4.79 Å². The SMILES string of the molecule is CCOC(=O)c1sccc1C1CC(C)(C)C1. The molecule has 1 saturated carbocycles. The van der Waals surface area contributed by atoms with Crippen LogP contribution in [0, 0.1) is 5.41 Å². The first-order valence-electron chi connectivity index (χ1n) is 5.78. The van der Waals surface area contributed by atoms with Gasteiger partial charge in [0.1, 0.15) is 4.88 Å². The Bertz CT molecular complexity index is 384. The van der Waals surface area contributed by atoms with E-state index in [1.807, 2.05) is 12.3 Å². The van der Waals surface area contributed by atoms with Gasteiger partial charge in [0.05, 0.1) is 6.61 Å². The summed E-state index contributed by atoms with van der Waals surface area (Å²) in [5, 5.41) is 1.99. The van der Waals surface area contributed by atoms with Crippen molar-refractivity contribution < 1.29 is 9.53 Å². The Balaban J connectivity index is 2.11. The first-order valence-corrected chi connectivity index (χ1v) is 6.66. The van der Waals surface area contributed by atoms with E-state index in [0.29, 0.717) is 17.9 Å². The van der Waals surface area contributed by atoms with Crippen LogP contribution in [0.25, 0.3) is 0 Å². The molecule has 0 saturated heterocycles. The molecule has 1 heterocycles. The van der Waals surface area contributed by atoms with Gasteiger partial charge < -0.3 is 4.74 Å². The van der Waals surface area contributed by atoms with Crippen molar-refractivity contribution in [2.75, 3.05) is 6.61 Å². The molecule has 0 spiro atoms. The molecule has 2 nitrogen and oxygen atoms in total. The van der Waals surface area contributed by atoms with E-state index in [2.05, 4.69) is 19.9 Å². The lowest BCUT2D eigenvalue weighted by molar-refractivity contribution is 0.0526. The molecule has 0 unspecified atom stereocenters. The van der Waals surface area contributed by atoms with Gasteiger partial charge in [-0.2, -0.15) is 0 Å². The highest BCUT2D eigenvalue weighted by atomic mass is 32.1. The van der Waals surface area contributed by atoms with Gasteiger partial charge >= 0.3 is 5.97 Å². The van der Waals surface area contributed by atoms with Crippen LogP contribution in [0.1, 0.15) is 54.8 Å². The highest BCUT2D eigenvalue weighted by molar-refractivity contribution is 7.12. The summed E-state index contributed by atoms with van der Waals surface area (Å²) in [7, 11) is 0. The summed E-state index contributed by atoms with van der Waals surface area (Å²) in [6.45, 7) is 6.85. The van der Waals surface area contributed by atoms with Crippen LogP contribution in [0.3, 0.4) is 0 Å². The first-order chi connectivity index (χ1) is 7.53. The van der Waals surface area contributed by atoms with Gasteiger partial charge in [0, 0.05) is 0 Å². The topological polar surface area (TPSA) is 26.3 Å². The zero-order valence-corrected chi connectivity index (χ0v) is 10.9. The molecule has 0 aliphatic heterocycles. The lowest BCUT2D eigenvalue weighted by Gasteiger charge is -2.42. The van der Waals surface area contributed by atoms with E-state index in [1.165, 1.54) is 29.7 Å². The molecular weight excluding hydrogens is 220 g/mol. The van der Waals surface area contributed by atoms with Crippen molar-refractivity contribution in [1.82, 2.24) is 0 Å². The van der Waals surface area contributed by atoms with Gasteiger partial charge in [-0.3, -0.25) is 0 Å². The van der Waals surface area contributed by atoms with Crippen LogP contribution in [0.2, 0.25) is 0 Å². The summed E-state index contributed by atoms with van der Waals surface area (Å²) >= 11 is 1.50. The highest BCUT2D eigenvalue weighted by Crippen LogP contribution is 2.51. The zero-order valence-electron chi connectivity index (χ0n) is 10.1. The molecule has 16 heavy (non-hydrogen) atoms. The molecule has 0 bridgehead atoms. The van der Waals surface area contributed by atoms with Crippen LogP contribution < -0.4 is 0 Å². The molecule has 1 aromatic rings. The minimum absolute atomic E-state index is 0.155. The molecule has 0 N–H and O–H groups in total. The Labute approximate surface area is 101 Å². The standard InChI is InChI=1S/C13H18O2S/c1-4-15-12(14)11-10(5-6-16-11)9-7-13(2,3)8-9/h5-6,9H,4,7-8H2,1-3H3. The number of thiophene rings is 1. The van der Waals surface area contributed by atoms with Gasteiger partial charge in [0.2, 0.25) is 0 Å². The minimum Gasteiger partial charge on any atom is -0.462 e. The zero-order chi connectivity index (χ0) is 11.8. The van der Waals surface area contributed by atoms with Gasteiger partial charge in [-0.15, -0.1) is 11.3 Å². The average Bonchev–Trinajstić information content (AvgIpc) is 2.62. The number of ether oxygens (including phenoxy) is 1. The second kappa shape index (κ2) is 4.21. The van der Waals surface area contributed by atoms with Crippen LogP contribution in [-0.2, 0) is 4.74 Å². The fourth-order valence-corrected chi connectivity index (χ4v) is 3.37. The van der Waals surface area contributed by atoms with Gasteiger partial charge in [-0.05, 0) is 48.1 Å². The first kappa shape index (κ1) is 11.6. The second-order valence-corrected chi connectivity index (χ2v) is 6.11. The largest absolute Gasteiger partial charge is 0.462 e. The molecule has 0 aromatic carbocycles. The number of carbonyl (C=O) groups excluding carboxylic acids is 1. The fraction of sp³-hybridized carbons (Fsp3) is 0.615. The second-order valence-electron chi connectivity index (χ2n) is 5.19. The average molecular weight is 238 g/mol. The monoisotopic (exact) mass is 238 g/mol. The van der Waals surface area contributed by atoms with E-state index in [1.54, 1.807) is 0 Å². The summed E-state index contributed by atoms with van der Waals surface area (Å²) in [5.41, 5.74) is 1.64. The van der Waals surface area contributed by atoms with Gasteiger partial charge in [0.15, 0.2) is 0 Å². The van der Waals surface area contributed by atoms with E-state index in [4.69, 9.17) is 4.74 Å². The molecule has 1 fully saturated rings. The predicted molar refractivity (Wildman–Crippen MR) is 66.0 cm³/mol. The molecule has 1 aliphatic carbocycles. The Morgan fingerprint density at radius 1 is 1.56 bits per heavy atom. The summed E-state index contributed by atoms with van der Waals surface area (Å²) < 4.78 is 5.07. The maximum absolute atomic E-state index is 11.7. The normalized spacial score (nSPS) is 19.2. The highest BCUT2D eigenvalue weighted by Gasteiger charge is 2.38. The lowest BCUT2D eigenvalue weighted by atomic mass is 9.62. The van der Waals surface area contributed by atoms with Crippen molar-refractivity contribution in [3.63, 3.8) is 0 Å². The quantitative estimate of drug-likeness (QED) is 0.748. The van der Waals surface area contributed by atoms with E-state index >= 15 is 0 Å². The number of hydrogen-bond acceptors (Lipinski definition) is 3. The van der Waals surface area contributed by atoms with Gasteiger partial charge in [0.25, 0.3) is 0 Å². The summed E-state index contributed by atoms with van der Waals surface area (Å²) in [6, 6.07) is 2.08. The molecule has 0 radical (unpaired) electrons. The van der Waals surface area contributed by atoms with Crippen LogP contribution >= 0.6 is 11.3 Å². The van der Waals surface area contributed by atoms with E-state index in [0.717, 1.165) is 4.88 Å². The predicted octanol–water partition coefficient (Wildman–Crippen LogP) is 3.83. The Morgan fingerprint density at radius 2 is 2.25 bits per heavy atom. The van der Waals surface area contributed by atoms with E-state index in [9.17, 15) is 4.79 Å². The third-order valence-electron chi connectivity index (χ3n) is 3.19. The smallest absolute Gasteiger partial charge is 0.348 e. The Kier molecular flexibility index (Phi) is 3.06. The summed E-state index contributed by atoms with van der Waals surface area (Å²) in [6.07, 6.45) is 2.35. The summed E-state index contributed by atoms with van der Waals surface area (Å²) in [5.74, 6) is 0.401. The van der Waals surface area contributed by atoms with E-state index in [-0.39, 0.29) is 5.97 Å². The molecule has 1 aliphatic rings. The molecule has 0 atom stereocenters. The van der Waals surface area contributed by atoms with Crippen LogP contribution in [0.15, 0.2) is 11.4 Å². The number of carbonyl (C=O) groups is 1. The molecule has 0 amide bonds. The lowest BCUT2D eigenvalue weighted by Crippen LogP contribution is -2.30. The summed E-state index contributed by atoms with van der Waals surface area (Å²) in [4.78, 5) is 12.5. The Hall–Kier alpha value is -0.830. The van der Waals surface area contributed by atoms with Crippen LogP contribution in [0.5, 0.6) is 0 Å². The van der Waals surface area contributed by atoms with E-state index < -0.39 is 0 Å². The van der Waals surface area contributed by atoms with Crippen molar-refractivity contribution in [3.8, 4) is 0 Å². The van der Waals surface area contributed by atoms with Crippen molar-refractivity contribution in [2.45, 2.75) is 39.5 Å². The maximum Gasteiger partial charge on any atom is 0.348 e. The molecule has 2 rings (SSSR count). The van der Waals surface area contributed by atoms with Crippen LogP contribution in [-0.4, -0.2) is 12.6 Å². The molecular formula is C13H18O2S. The minimum atomic E-state index is -0.155. The number of esters is 1. The molecule has 88 valence electrons. The van der Waals surface area contributed by atoms with Crippen molar-refractivity contribution >= 4 is 17.3 Å². The Morgan fingerprint density at radius 3 is 2.81 bits per heavy atom. The third kappa shape index (κ3) is 2.14. The van der Waals surface area contributed by atoms with Crippen molar-refractivity contribution in [2.24, 2.45) is 5.41 Å². The third-order valence-corrected chi connectivity index (χ3v) is 4.10. The number of rotatable bonds is 3. The van der Waals surface area contributed by atoms with Gasteiger partial charge in [-0.1, -0.05) is 13.8 Å². The van der Waals surface area contributed by atoms with Crippen molar-refractivity contribution in [3.05, 3.63) is 21.9 Å². The molecule has 3 heteroatoms. The van der Waals surface area contributed by atoms with Crippen LogP contribution in [0.4, 0.5) is 0 Å². The molecule has 1 aromatic heterocycles. The maximum atomic E-state index is 11.7.